The molecule has 0 atom stereocenters. The van der Waals surface area contributed by atoms with Gasteiger partial charge in [-0.1, -0.05) is 41.9 Å². The number of esters is 1. The predicted octanol–water partition coefficient (Wildman–Crippen LogP) is 7.38. The van der Waals surface area contributed by atoms with E-state index >= 15 is 0 Å². The Kier molecular flexibility index (Phi) is 7.43. The van der Waals surface area contributed by atoms with Gasteiger partial charge in [-0.2, -0.15) is 13.2 Å². The minimum Gasteiger partial charge on any atom is -0.462 e. The number of hydrogen-bond donors (Lipinski definition) is 2. The van der Waals surface area contributed by atoms with Crippen molar-refractivity contribution < 1.29 is 22.7 Å². The van der Waals surface area contributed by atoms with Gasteiger partial charge < -0.3 is 15.4 Å². The number of ether oxygens (including phenoxy) is 1. The van der Waals surface area contributed by atoms with Crippen LogP contribution in [0, 0.1) is 6.92 Å². The lowest BCUT2D eigenvalue weighted by Crippen LogP contribution is -2.22. The van der Waals surface area contributed by atoms with Crippen LogP contribution >= 0.6 is 35.2 Å². The zero-order valence-electron chi connectivity index (χ0n) is 17.0. The second-order valence-electron chi connectivity index (χ2n) is 6.59. The molecule has 3 aromatic rings. The lowest BCUT2D eigenvalue weighted by Gasteiger charge is -2.16. The minimum atomic E-state index is -4.63. The topological polar surface area (TPSA) is 50.4 Å². The normalized spacial score (nSPS) is 11.2. The summed E-state index contributed by atoms with van der Waals surface area (Å²) in [5.74, 6) is -0.552. The maximum absolute atomic E-state index is 13.4. The molecule has 0 amide bonds. The standard InChI is InChI=1S/C22H18ClF3N2O2S2/c1-3-30-20(29)18-17(13-7-5-4-6-8-13)12(2)32-19(18)28-21(31)27-16-10-9-14(23)11-15(16)22(24,25)26/h4-11H,3H2,1-2H3,(H2,27,28,31). The Morgan fingerprint density at radius 2 is 1.84 bits per heavy atom. The number of aryl methyl sites for hydroxylation is 1. The molecule has 0 unspecified atom stereocenters. The van der Waals surface area contributed by atoms with Gasteiger partial charge in [0, 0.05) is 15.5 Å². The molecule has 0 saturated carbocycles. The number of rotatable bonds is 5. The molecule has 0 aliphatic rings. The van der Waals surface area contributed by atoms with E-state index in [0.717, 1.165) is 16.5 Å². The summed E-state index contributed by atoms with van der Waals surface area (Å²) in [5, 5.41) is 5.64. The summed E-state index contributed by atoms with van der Waals surface area (Å²) in [6, 6.07) is 12.6. The molecule has 0 spiro atoms. The van der Waals surface area contributed by atoms with Crippen molar-refractivity contribution in [2.75, 3.05) is 17.2 Å². The summed E-state index contributed by atoms with van der Waals surface area (Å²) in [6.07, 6.45) is -4.63. The molecule has 2 N–H and O–H groups in total. The van der Waals surface area contributed by atoms with Crippen molar-refractivity contribution in [3.63, 3.8) is 0 Å². The third-order valence-electron chi connectivity index (χ3n) is 4.39. The molecule has 10 heteroatoms. The van der Waals surface area contributed by atoms with Gasteiger partial charge in [-0.25, -0.2) is 4.79 Å². The molecule has 0 bridgehead atoms. The average Bonchev–Trinajstić information content (AvgIpc) is 3.05. The quantitative estimate of drug-likeness (QED) is 0.284. The van der Waals surface area contributed by atoms with Crippen molar-refractivity contribution >= 4 is 56.9 Å². The highest BCUT2D eigenvalue weighted by molar-refractivity contribution is 7.80. The SMILES string of the molecule is CCOC(=O)c1c(NC(=S)Nc2ccc(Cl)cc2C(F)(F)F)sc(C)c1-c1ccccc1. The number of thiophene rings is 1. The second kappa shape index (κ2) is 9.89. The Hall–Kier alpha value is -2.62. The number of hydrogen-bond acceptors (Lipinski definition) is 4. The average molecular weight is 499 g/mol. The Labute approximate surface area is 197 Å². The summed E-state index contributed by atoms with van der Waals surface area (Å²) >= 11 is 12.2. The summed E-state index contributed by atoms with van der Waals surface area (Å²) in [6.45, 7) is 3.71. The third kappa shape index (κ3) is 5.40. The fourth-order valence-electron chi connectivity index (χ4n) is 3.10. The van der Waals surface area contributed by atoms with Gasteiger partial charge in [-0.3, -0.25) is 0 Å². The Bertz CT molecular complexity index is 1150. The zero-order chi connectivity index (χ0) is 23.5. The third-order valence-corrected chi connectivity index (χ3v) is 5.85. The molecule has 0 radical (unpaired) electrons. The molecule has 168 valence electrons. The number of halogens is 4. The molecule has 1 heterocycles. The van der Waals surface area contributed by atoms with Crippen molar-refractivity contribution in [3.8, 4) is 11.1 Å². The van der Waals surface area contributed by atoms with Gasteiger partial charge in [0.05, 0.1) is 17.9 Å². The van der Waals surface area contributed by atoms with Crippen LogP contribution < -0.4 is 10.6 Å². The van der Waals surface area contributed by atoms with E-state index in [2.05, 4.69) is 10.6 Å². The van der Waals surface area contributed by atoms with Crippen molar-refractivity contribution in [2.24, 2.45) is 0 Å². The summed E-state index contributed by atoms with van der Waals surface area (Å²) in [5.41, 5.74) is 0.563. The monoisotopic (exact) mass is 498 g/mol. The fourth-order valence-corrected chi connectivity index (χ4v) is 4.62. The van der Waals surface area contributed by atoms with E-state index in [4.69, 9.17) is 28.6 Å². The molecular weight excluding hydrogens is 481 g/mol. The van der Waals surface area contributed by atoms with Crippen LogP contribution in [0.2, 0.25) is 5.02 Å². The van der Waals surface area contributed by atoms with Gasteiger partial charge in [0.15, 0.2) is 5.11 Å². The number of nitrogens with one attached hydrogen (secondary N) is 2. The first-order valence-electron chi connectivity index (χ1n) is 9.42. The first-order valence-corrected chi connectivity index (χ1v) is 11.0. The highest BCUT2D eigenvalue weighted by atomic mass is 35.5. The largest absolute Gasteiger partial charge is 0.462 e. The molecule has 0 aliphatic heterocycles. The molecule has 0 aliphatic carbocycles. The Balaban J connectivity index is 1.96. The van der Waals surface area contributed by atoms with Gasteiger partial charge in [-0.05, 0) is 49.8 Å². The highest BCUT2D eigenvalue weighted by Gasteiger charge is 2.34. The molecule has 4 nitrogen and oxygen atoms in total. The maximum Gasteiger partial charge on any atom is 0.418 e. The van der Waals surface area contributed by atoms with E-state index in [1.807, 2.05) is 37.3 Å². The first kappa shape index (κ1) is 24.0. The molecule has 2 aromatic carbocycles. The molecular formula is C22H18ClF3N2O2S2. The smallest absolute Gasteiger partial charge is 0.418 e. The van der Waals surface area contributed by atoms with E-state index in [0.29, 0.717) is 10.6 Å². The van der Waals surface area contributed by atoms with Crippen LogP contribution in [-0.4, -0.2) is 17.7 Å². The molecule has 32 heavy (non-hydrogen) atoms. The van der Waals surface area contributed by atoms with Gasteiger partial charge in [0.2, 0.25) is 0 Å². The van der Waals surface area contributed by atoms with E-state index < -0.39 is 17.7 Å². The minimum absolute atomic E-state index is 0.0484. The van der Waals surface area contributed by atoms with E-state index in [1.54, 1.807) is 6.92 Å². The van der Waals surface area contributed by atoms with Gasteiger partial charge >= 0.3 is 12.1 Å². The molecule has 0 fully saturated rings. The molecule has 1 aromatic heterocycles. The maximum atomic E-state index is 13.4. The van der Waals surface area contributed by atoms with Crippen LogP contribution in [0.1, 0.15) is 27.7 Å². The molecule has 0 saturated heterocycles. The van der Waals surface area contributed by atoms with Gasteiger partial charge in [0.1, 0.15) is 10.6 Å². The van der Waals surface area contributed by atoms with E-state index in [1.165, 1.54) is 23.5 Å². The van der Waals surface area contributed by atoms with Crippen molar-refractivity contribution in [3.05, 3.63) is 69.6 Å². The number of carbonyl (C=O) groups is 1. The van der Waals surface area contributed by atoms with Crippen LogP contribution in [0.5, 0.6) is 0 Å². The van der Waals surface area contributed by atoms with Crippen molar-refractivity contribution in [1.29, 1.82) is 0 Å². The number of anilines is 2. The van der Waals surface area contributed by atoms with Crippen LogP contribution in [0.3, 0.4) is 0 Å². The van der Waals surface area contributed by atoms with Crippen LogP contribution in [0.25, 0.3) is 11.1 Å². The van der Waals surface area contributed by atoms with Crippen LogP contribution in [0.15, 0.2) is 48.5 Å². The number of alkyl halides is 3. The molecule has 3 rings (SSSR count). The van der Waals surface area contributed by atoms with Gasteiger partial charge in [-0.15, -0.1) is 11.3 Å². The summed E-state index contributed by atoms with van der Waals surface area (Å²) < 4.78 is 45.4. The zero-order valence-corrected chi connectivity index (χ0v) is 19.4. The van der Waals surface area contributed by atoms with E-state index in [-0.39, 0.29) is 28.0 Å². The number of thiocarbonyl (C=S) groups is 1. The van der Waals surface area contributed by atoms with Gasteiger partial charge in [0.25, 0.3) is 0 Å². The Morgan fingerprint density at radius 3 is 2.47 bits per heavy atom. The summed E-state index contributed by atoms with van der Waals surface area (Å²) in [4.78, 5) is 13.6. The van der Waals surface area contributed by atoms with Crippen LogP contribution in [-0.2, 0) is 10.9 Å². The highest BCUT2D eigenvalue weighted by Crippen LogP contribution is 2.41. The van der Waals surface area contributed by atoms with E-state index in [9.17, 15) is 18.0 Å². The Morgan fingerprint density at radius 1 is 1.16 bits per heavy atom. The van der Waals surface area contributed by atoms with Crippen molar-refractivity contribution in [1.82, 2.24) is 0 Å². The number of benzene rings is 2. The lowest BCUT2D eigenvalue weighted by atomic mass is 10.0. The summed E-state index contributed by atoms with van der Waals surface area (Å²) in [7, 11) is 0. The first-order chi connectivity index (χ1) is 15.1. The fraction of sp³-hybridized carbons (Fsp3) is 0.182. The lowest BCUT2D eigenvalue weighted by molar-refractivity contribution is -0.136. The predicted molar refractivity (Wildman–Crippen MR) is 127 cm³/mol. The van der Waals surface area contributed by atoms with Crippen LogP contribution in [0.4, 0.5) is 23.9 Å². The second-order valence-corrected chi connectivity index (χ2v) is 8.66. The van der Waals surface area contributed by atoms with Crippen molar-refractivity contribution in [2.45, 2.75) is 20.0 Å². The number of carbonyl (C=O) groups excluding carboxylic acids is 1.